The van der Waals surface area contributed by atoms with Crippen molar-refractivity contribution in [1.82, 2.24) is 14.8 Å². The number of thioether (sulfide) groups is 1. The minimum absolute atomic E-state index is 0.240. The van der Waals surface area contributed by atoms with Crippen LogP contribution in [0.1, 0.15) is 5.69 Å². The zero-order valence-corrected chi connectivity index (χ0v) is 11.5. The monoisotopic (exact) mass is 291 g/mol. The van der Waals surface area contributed by atoms with E-state index in [1.807, 2.05) is 17.6 Å². The second-order valence-electron chi connectivity index (χ2n) is 3.81. The molecule has 0 saturated carbocycles. The highest BCUT2D eigenvalue weighted by Crippen LogP contribution is 2.24. The molecule has 0 aliphatic carbocycles. The van der Waals surface area contributed by atoms with Crippen LogP contribution in [-0.4, -0.2) is 14.8 Å². The van der Waals surface area contributed by atoms with Crippen LogP contribution >= 0.6 is 23.1 Å². The van der Waals surface area contributed by atoms with Crippen LogP contribution in [0.3, 0.4) is 0 Å². The van der Waals surface area contributed by atoms with Gasteiger partial charge in [-0.15, -0.1) is 11.3 Å². The Bertz CT molecular complexity index is 647. The van der Waals surface area contributed by atoms with Crippen LogP contribution < -0.4 is 0 Å². The molecule has 0 bridgehead atoms. The third-order valence-corrected chi connectivity index (χ3v) is 4.49. The van der Waals surface area contributed by atoms with Crippen molar-refractivity contribution in [2.24, 2.45) is 0 Å². The fourth-order valence-corrected chi connectivity index (χ4v) is 3.13. The predicted octanol–water partition coefficient (Wildman–Crippen LogP) is 3.76. The van der Waals surface area contributed by atoms with Gasteiger partial charge in [-0.05, 0) is 30.3 Å². The molecule has 0 saturated heterocycles. The number of thiazole rings is 1. The van der Waals surface area contributed by atoms with E-state index in [1.54, 1.807) is 46.1 Å². The maximum Gasteiger partial charge on any atom is 0.150 e. The van der Waals surface area contributed by atoms with E-state index in [1.165, 1.54) is 12.1 Å². The lowest BCUT2D eigenvalue weighted by Crippen LogP contribution is -1.95. The zero-order valence-electron chi connectivity index (χ0n) is 9.86. The van der Waals surface area contributed by atoms with Gasteiger partial charge in [0.25, 0.3) is 0 Å². The first-order valence-electron chi connectivity index (χ1n) is 5.64. The van der Waals surface area contributed by atoms with Crippen LogP contribution in [-0.2, 0) is 5.75 Å². The van der Waals surface area contributed by atoms with E-state index < -0.39 is 0 Å². The molecule has 3 nitrogen and oxygen atoms in total. The van der Waals surface area contributed by atoms with Gasteiger partial charge in [0, 0.05) is 23.5 Å². The van der Waals surface area contributed by atoms with E-state index in [0.717, 1.165) is 21.5 Å². The highest BCUT2D eigenvalue weighted by molar-refractivity contribution is 8.00. The molecule has 3 rings (SSSR count). The lowest BCUT2D eigenvalue weighted by molar-refractivity contribution is 0.627. The number of hydrogen-bond acceptors (Lipinski definition) is 4. The standard InChI is InChI=1S/C13H10FN3S2/c14-10-1-3-12(4-2-10)17-7-5-11(16-17)9-19-13-15-6-8-18-13/h1-8H,9H2. The SMILES string of the molecule is Fc1ccc(-n2ccc(CSc3nccs3)n2)cc1. The number of benzene rings is 1. The summed E-state index contributed by atoms with van der Waals surface area (Å²) in [5.74, 6) is 0.539. The molecule has 19 heavy (non-hydrogen) atoms. The topological polar surface area (TPSA) is 30.7 Å². The Kier molecular flexibility index (Phi) is 3.61. The van der Waals surface area contributed by atoms with Crippen molar-refractivity contribution in [3.8, 4) is 5.69 Å². The van der Waals surface area contributed by atoms with E-state index in [4.69, 9.17) is 0 Å². The fraction of sp³-hybridized carbons (Fsp3) is 0.0769. The molecule has 0 spiro atoms. The molecule has 0 fully saturated rings. The first-order chi connectivity index (χ1) is 9.31. The van der Waals surface area contributed by atoms with Gasteiger partial charge in [0.1, 0.15) is 10.2 Å². The van der Waals surface area contributed by atoms with Gasteiger partial charge in [0.05, 0.1) is 11.4 Å². The van der Waals surface area contributed by atoms with Crippen molar-refractivity contribution >= 4 is 23.1 Å². The number of hydrogen-bond donors (Lipinski definition) is 0. The minimum Gasteiger partial charge on any atom is -0.241 e. The molecule has 2 heterocycles. The largest absolute Gasteiger partial charge is 0.241 e. The van der Waals surface area contributed by atoms with Gasteiger partial charge in [-0.3, -0.25) is 0 Å². The summed E-state index contributed by atoms with van der Waals surface area (Å²) in [6, 6.07) is 8.24. The third kappa shape index (κ3) is 3.02. The maximum absolute atomic E-state index is 12.8. The van der Waals surface area contributed by atoms with Crippen molar-refractivity contribution in [3.05, 3.63) is 59.6 Å². The Morgan fingerprint density at radius 2 is 2.05 bits per heavy atom. The molecule has 96 valence electrons. The number of rotatable bonds is 4. The summed E-state index contributed by atoms with van der Waals surface area (Å²) < 4.78 is 15.6. The van der Waals surface area contributed by atoms with E-state index in [2.05, 4.69) is 10.1 Å². The van der Waals surface area contributed by atoms with Crippen molar-refractivity contribution < 1.29 is 4.39 Å². The van der Waals surface area contributed by atoms with E-state index in [0.29, 0.717) is 0 Å². The van der Waals surface area contributed by atoms with Crippen molar-refractivity contribution in [1.29, 1.82) is 0 Å². The number of halogens is 1. The van der Waals surface area contributed by atoms with Gasteiger partial charge in [-0.25, -0.2) is 14.1 Å². The van der Waals surface area contributed by atoms with Crippen LogP contribution in [0.25, 0.3) is 5.69 Å². The molecule has 3 aromatic rings. The Morgan fingerprint density at radius 3 is 2.79 bits per heavy atom. The molecule has 1 aromatic carbocycles. The molecule has 0 N–H and O–H groups in total. The highest BCUT2D eigenvalue weighted by Gasteiger charge is 2.03. The molecule has 2 aromatic heterocycles. The average molecular weight is 291 g/mol. The van der Waals surface area contributed by atoms with Crippen LogP contribution in [0.15, 0.2) is 52.4 Å². The number of nitrogens with zero attached hydrogens (tertiary/aromatic N) is 3. The Labute approximate surface area is 118 Å². The summed E-state index contributed by atoms with van der Waals surface area (Å²) in [6.45, 7) is 0. The molecule has 0 unspecified atom stereocenters. The van der Waals surface area contributed by atoms with Gasteiger partial charge >= 0.3 is 0 Å². The van der Waals surface area contributed by atoms with Gasteiger partial charge in [0.15, 0.2) is 0 Å². The third-order valence-electron chi connectivity index (χ3n) is 2.49. The average Bonchev–Trinajstić information content (AvgIpc) is 3.09. The van der Waals surface area contributed by atoms with Crippen LogP contribution in [0.4, 0.5) is 4.39 Å². The summed E-state index contributed by atoms with van der Waals surface area (Å²) in [7, 11) is 0. The lowest BCUT2D eigenvalue weighted by atomic mass is 10.3. The van der Waals surface area contributed by atoms with Crippen molar-refractivity contribution in [2.45, 2.75) is 10.1 Å². The van der Waals surface area contributed by atoms with Crippen LogP contribution in [0, 0.1) is 5.82 Å². The predicted molar refractivity (Wildman–Crippen MR) is 75.2 cm³/mol. The Morgan fingerprint density at radius 1 is 1.21 bits per heavy atom. The van der Waals surface area contributed by atoms with Gasteiger partial charge in [-0.1, -0.05) is 11.8 Å². The summed E-state index contributed by atoms with van der Waals surface area (Å²) in [5, 5.41) is 6.42. The number of aromatic nitrogens is 3. The molecule has 0 radical (unpaired) electrons. The second kappa shape index (κ2) is 5.54. The molecular weight excluding hydrogens is 281 g/mol. The first-order valence-corrected chi connectivity index (χ1v) is 7.50. The van der Waals surface area contributed by atoms with Crippen LogP contribution in [0.2, 0.25) is 0 Å². The zero-order chi connectivity index (χ0) is 13.1. The molecule has 0 amide bonds. The highest BCUT2D eigenvalue weighted by atomic mass is 32.2. The smallest absolute Gasteiger partial charge is 0.150 e. The van der Waals surface area contributed by atoms with Gasteiger partial charge < -0.3 is 0 Å². The molecule has 0 aliphatic rings. The molecular formula is C13H10FN3S2. The fourth-order valence-electron chi connectivity index (χ4n) is 1.59. The van der Waals surface area contributed by atoms with Crippen LogP contribution in [0.5, 0.6) is 0 Å². The second-order valence-corrected chi connectivity index (χ2v) is 5.93. The normalized spacial score (nSPS) is 10.8. The summed E-state index contributed by atoms with van der Waals surface area (Å²) in [4.78, 5) is 4.21. The minimum atomic E-state index is -0.240. The van der Waals surface area contributed by atoms with Crippen molar-refractivity contribution in [2.75, 3.05) is 0 Å². The maximum atomic E-state index is 12.8. The quantitative estimate of drug-likeness (QED) is 0.686. The van der Waals surface area contributed by atoms with Gasteiger partial charge in [0.2, 0.25) is 0 Å². The van der Waals surface area contributed by atoms with E-state index in [9.17, 15) is 4.39 Å². The van der Waals surface area contributed by atoms with Gasteiger partial charge in [-0.2, -0.15) is 5.10 Å². The summed E-state index contributed by atoms with van der Waals surface area (Å²) >= 11 is 3.29. The van der Waals surface area contributed by atoms with Crippen molar-refractivity contribution in [3.63, 3.8) is 0 Å². The van der Waals surface area contributed by atoms with E-state index in [-0.39, 0.29) is 5.82 Å². The first kappa shape index (κ1) is 12.4. The summed E-state index contributed by atoms with van der Waals surface area (Å²) in [6.07, 6.45) is 3.68. The Hall–Kier alpha value is -1.66. The summed E-state index contributed by atoms with van der Waals surface area (Å²) in [5.41, 5.74) is 1.83. The molecule has 0 aliphatic heterocycles. The molecule has 0 atom stereocenters. The van der Waals surface area contributed by atoms with E-state index >= 15 is 0 Å². The molecule has 6 heteroatoms. The Balaban J connectivity index is 1.70. The lowest BCUT2D eigenvalue weighted by Gasteiger charge is -2.00.